The molecule has 2 unspecified atom stereocenters. The molecule has 2 rings (SSSR count). The van der Waals surface area contributed by atoms with Crippen molar-refractivity contribution in [3.63, 3.8) is 0 Å². The summed E-state index contributed by atoms with van der Waals surface area (Å²) in [6.07, 6.45) is -4.50. The van der Waals surface area contributed by atoms with E-state index in [0.717, 1.165) is 0 Å². The van der Waals surface area contributed by atoms with E-state index in [1.165, 1.54) is 6.07 Å². The van der Waals surface area contributed by atoms with Crippen molar-refractivity contribution >= 4 is 11.7 Å². The largest absolute Gasteiger partial charge is 0.483 e. The highest BCUT2D eigenvalue weighted by Gasteiger charge is 2.41. The second-order valence-corrected chi connectivity index (χ2v) is 3.89. The summed E-state index contributed by atoms with van der Waals surface area (Å²) >= 11 is 0. The van der Waals surface area contributed by atoms with Crippen LogP contribution in [0.5, 0.6) is 5.75 Å². The number of carbonyl (C=O) groups is 1. The van der Waals surface area contributed by atoms with Gasteiger partial charge >= 0.3 is 5.97 Å². The smallest absolute Gasteiger partial charge is 0.310 e. The quantitative estimate of drug-likeness (QED) is 0.773. The summed E-state index contributed by atoms with van der Waals surface area (Å²) in [6, 6.07) is 4.68. The van der Waals surface area contributed by atoms with Crippen LogP contribution in [0.25, 0.3) is 0 Å². The van der Waals surface area contributed by atoms with Crippen molar-refractivity contribution in [2.24, 2.45) is 5.92 Å². The molecule has 0 aromatic heterocycles. The molecule has 0 bridgehead atoms. The van der Waals surface area contributed by atoms with Crippen LogP contribution in [0.4, 0.5) is 14.5 Å². The lowest BCUT2D eigenvalue weighted by Crippen LogP contribution is -2.43. The van der Waals surface area contributed by atoms with Gasteiger partial charge in [-0.15, -0.1) is 0 Å². The van der Waals surface area contributed by atoms with Crippen LogP contribution in [0.1, 0.15) is 5.56 Å². The second-order valence-electron chi connectivity index (χ2n) is 3.89. The van der Waals surface area contributed by atoms with E-state index in [1.54, 1.807) is 12.1 Å². The van der Waals surface area contributed by atoms with E-state index in [-0.39, 0.29) is 12.2 Å². The summed E-state index contributed by atoms with van der Waals surface area (Å²) in [5.41, 5.74) is 6.51. The summed E-state index contributed by atoms with van der Waals surface area (Å²) in [5, 5.41) is 8.92. The van der Waals surface area contributed by atoms with E-state index in [9.17, 15) is 13.6 Å². The maximum absolute atomic E-state index is 12.7. The molecule has 2 atom stereocenters. The number of fused-ring (bicyclic) bond motifs is 1. The van der Waals surface area contributed by atoms with Crippen LogP contribution in [0.3, 0.4) is 0 Å². The van der Waals surface area contributed by atoms with E-state index in [2.05, 4.69) is 0 Å². The van der Waals surface area contributed by atoms with Crippen molar-refractivity contribution < 1.29 is 23.4 Å². The first-order chi connectivity index (χ1) is 8.00. The lowest BCUT2D eigenvalue weighted by Gasteiger charge is -2.31. The number of hydrogen-bond donors (Lipinski definition) is 2. The van der Waals surface area contributed by atoms with Crippen LogP contribution in [-0.2, 0) is 11.2 Å². The molecule has 1 aliphatic rings. The highest BCUT2D eigenvalue weighted by molar-refractivity contribution is 5.73. The van der Waals surface area contributed by atoms with Crippen molar-refractivity contribution in [2.75, 3.05) is 5.73 Å². The van der Waals surface area contributed by atoms with Gasteiger partial charge < -0.3 is 15.6 Å². The molecule has 1 aromatic rings. The highest BCUT2D eigenvalue weighted by Crippen LogP contribution is 2.36. The van der Waals surface area contributed by atoms with Crippen molar-refractivity contribution in [3.05, 3.63) is 23.8 Å². The molecule has 0 amide bonds. The van der Waals surface area contributed by atoms with E-state index >= 15 is 0 Å². The Morgan fingerprint density at radius 2 is 2.24 bits per heavy atom. The molecule has 0 saturated carbocycles. The van der Waals surface area contributed by atoms with Gasteiger partial charge in [0, 0.05) is 11.3 Å². The number of ether oxygens (including phenoxy) is 1. The van der Waals surface area contributed by atoms with Gasteiger partial charge in [0.15, 0.2) is 6.10 Å². The number of carboxylic acid groups (broad SMARTS) is 1. The van der Waals surface area contributed by atoms with E-state index in [0.29, 0.717) is 11.3 Å². The number of halogens is 2. The van der Waals surface area contributed by atoms with Crippen LogP contribution in [-0.4, -0.2) is 23.6 Å². The minimum Gasteiger partial charge on any atom is -0.483 e. The predicted molar refractivity (Wildman–Crippen MR) is 56.1 cm³/mol. The molecule has 17 heavy (non-hydrogen) atoms. The van der Waals surface area contributed by atoms with Gasteiger partial charge in [-0.2, -0.15) is 0 Å². The van der Waals surface area contributed by atoms with Gasteiger partial charge in [0.25, 0.3) is 6.43 Å². The van der Waals surface area contributed by atoms with Crippen molar-refractivity contribution in [2.45, 2.75) is 19.0 Å². The normalized spacial score (nSPS) is 23.0. The predicted octanol–water partition coefficient (Wildman–Crippen LogP) is 1.54. The molecule has 3 N–H and O–H groups in total. The highest BCUT2D eigenvalue weighted by atomic mass is 19.3. The van der Waals surface area contributed by atoms with E-state index < -0.39 is 24.4 Å². The molecule has 0 radical (unpaired) electrons. The Labute approximate surface area is 96.0 Å². The summed E-state index contributed by atoms with van der Waals surface area (Å²) in [7, 11) is 0. The standard InChI is InChI=1S/C11H11F2NO3/c12-10(13)9-6(11(15)16)4-5-7(14)2-1-3-8(5)17-9/h1-3,6,9-10H,4,14H2,(H,15,16). The monoisotopic (exact) mass is 243 g/mol. The summed E-state index contributed by atoms with van der Waals surface area (Å²) in [4.78, 5) is 10.9. The first-order valence-electron chi connectivity index (χ1n) is 5.05. The zero-order valence-electron chi connectivity index (χ0n) is 8.77. The fraction of sp³-hybridized carbons (Fsp3) is 0.364. The molecular weight excluding hydrogens is 232 g/mol. The first kappa shape index (κ1) is 11.6. The molecule has 6 heteroatoms. The second kappa shape index (κ2) is 4.20. The molecule has 1 heterocycles. The van der Waals surface area contributed by atoms with Gasteiger partial charge in [-0.05, 0) is 18.6 Å². The molecule has 1 aliphatic heterocycles. The van der Waals surface area contributed by atoms with Crippen LogP contribution in [0.15, 0.2) is 18.2 Å². The molecule has 0 fully saturated rings. The van der Waals surface area contributed by atoms with Crippen molar-refractivity contribution in [1.29, 1.82) is 0 Å². The van der Waals surface area contributed by atoms with Gasteiger partial charge in [0.2, 0.25) is 0 Å². The van der Waals surface area contributed by atoms with E-state index in [1.807, 2.05) is 0 Å². The Morgan fingerprint density at radius 1 is 1.53 bits per heavy atom. The molecule has 92 valence electrons. The number of carboxylic acids is 1. The van der Waals surface area contributed by atoms with Crippen LogP contribution >= 0.6 is 0 Å². The Bertz CT molecular complexity index is 450. The molecular formula is C11H11F2NO3. The number of nitrogens with two attached hydrogens (primary N) is 1. The van der Waals surface area contributed by atoms with Gasteiger partial charge in [-0.3, -0.25) is 4.79 Å². The average molecular weight is 243 g/mol. The van der Waals surface area contributed by atoms with Crippen molar-refractivity contribution in [3.8, 4) is 5.75 Å². The minimum absolute atomic E-state index is 0.0354. The zero-order valence-corrected chi connectivity index (χ0v) is 8.77. The maximum atomic E-state index is 12.7. The lowest BCUT2D eigenvalue weighted by atomic mass is 9.90. The van der Waals surface area contributed by atoms with Crippen molar-refractivity contribution in [1.82, 2.24) is 0 Å². The molecule has 0 spiro atoms. The number of benzene rings is 1. The number of aliphatic carboxylic acids is 1. The zero-order chi connectivity index (χ0) is 12.6. The molecule has 0 aliphatic carbocycles. The Kier molecular flexibility index (Phi) is 2.87. The third-order valence-corrected chi connectivity index (χ3v) is 2.82. The Morgan fingerprint density at radius 3 is 2.82 bits per heavy atom. The fourth-order valence-corrected chi connectivity index (χ4v) is 1.93. The van der Waals surface area contributed by atoms with Gasteiger partial charge in [-0.1, -0.05) is 6.07 Å². The summed E-state index contributed by atoms with van der Waals surface area (Å²) in [5.74, 6) is -2.33. The SMILES string of the molecule is Nc1cccc2c1CC(C(=O)O)C(C(F)F)O2. The molecule has 4 nitrogen and oxygen atoms in total. The minimum atomic E-state index is -2.84. The fourth-order valence-electron chi connectivity index (χ4n) is 1.93. The maximum Gasteiger partial charge on any atom is 0.310 e. The van der Waals surface area contributed by atoms with E-state index in [4.69, 9.17) is 15.6 Å². The number of anilines is 1. The third-order valence-electron chi connectivity index (χ3n) is 2.82. The topological polar surface area (TPSA) is 72.6 Å². The van der Waals surface area contributed by atoms with Crippen LogP contribution in [0, 0.1) is 5.92 Å². The molecule has 0 saturated heterocycles. The van der Waals surface area contributed by atoms with Gasteiger partial charge in [0.05, 0.1) is 0 Å². The summed E-state index contributed by atoms with van der Waals surface area (Å²) in [6.45, 7) is 0. The third kappa shape index (κ3) is 2.02. The van der Waals surface area contributed by atoms with Crippen LogP contribution in [0.2, 0.25) is 0 Å². The summed E-state index contributed by atoms with van der Waals surface area (Å²) < 4.78 is 30.4. The Balaban J connectivity index is 2.40. The first-order valence-corrected chi connectivity index (χ1v) is 5.05. The van der Waals surface area contributed by atoms with Gasteiger partial charge in [-0.25, -0.2) is 8.78 Å². The number of alkyl halides is 2. The number of nitrogen functional groups attached to an aromatic ring is 1. The average Bonchev–Trinajstić information content (AvgIpc) is 2.27. The lowest BCUT2D eigenvalue weighted by molar-refractivity contribution is -0.150. The number of rotatable bonds is 2. The Hall–Kier alpha value is -1.85. The number of hydrogen-bond acceptors (Lipinski definition) is 3. The van der Waals surface area contributed by atoms with Crippen LogP contribution < -0.4 is 10.5 Å². The van der Waals surface area contributed by atoms with Gasteiger partial charge in [0.1, 0.15) is 11.7 Å². The molecule has 1 aromatic carbocycles.